The molecule has 2 heterocycles. The molecule has 1 atom stereocenters. The number of ketones is 1. The number of nitrogens with zero attached hydrogens (tertiary/aromatic N) is 2. The zero-order valence-corrected chi connectivity index (χ0v) is 21.8. The molecule has 1 aliphatic rings. The number of anilines is 1. The number of fused-ring (bicyclic) bond motifs is 1. The first-order valence-corrected chi connectivity index (χ1v) is 13.2. The van der Waals surface area contributed by atoms with E-state index in [1.54, 1.807) is 12.1 Å². The Bertz CT molecular complexity index is 1520. The highest BCUT2D eigenvalue weighted by molar-refractivity contribution is 7.22. The first-order valence-electron chi connectivity index (χ1n) is 12.4. The number of ether oxygens (including phenoxy) is 1. The Morgan fingerprint density at radius 2 is 1.78 bits per heavy atom. The highest BCUT2D eigenvalue weighted by Crippen LogP contribution is 2.45. The standard InChI is InChI=1S/C30H28N2O4S/c1-4-5-15-36-22-8-6-7-21(17-22)26-25(27(33)20-12-9-18(2)10-13-20)28(34)29(35)32(26)30-31-23-14-11-19(3)16-24(23)37-30/h6-14,16-17,26,33H,4-5,15H2,1-3H3/b27-25+. The zero-order chi connectivity index (χ0) is 26.1. The van der Waals surface area contributed by atoms with E-state index < -0.39 is 17.7 Å². The molecule has 1 fully saturated rings. The second-order valence-electron chi connectivity index (χ2n) is 9.28. The SMILES string of the molecule is CCCCOc1cccc(C2/C(=C(\O)c3ccc(C)cc3)C(=O)C(=O)N2c2nc3ccc(C)cc3s2)c1. The number of unbranched alkanes of at least 4 members (excludes halogenated alkanes) is 1. The summed E-state index contributed by atoms with van der Waals surface area (Å²) in [6, 6.07) is 19.6. The van der Waals surface area contributed by atoms with Crippen LogP contribution in [0.5, 0.6) is 5.75 Å². The summed E-state index contributed by atoms with van der Waals surface area (Å²) in [6.45, 7) is 6.61. The summed E-state index contributed by atoms with van der Waals surface area (Å²) in [5.74, 6) is -1.02. The molecule has 0 spiro atoms. The second kappa shape index (κ2) is 10.2. The molecule has 0 aliphatic carbocycles. The van der Waals surface area contributed by atoms with Crippen molar-refractivity contribution in [1.29, 1.82) is 0 Å². The Hall–Kier alpha value is -3.97. The largest absolute Gasteiger partial charge is 0.507 e. The molecule has 0 bridgehead atoms. The Kier molecular flexibility index (Phi) is 6.80. The average molecular weight is 513 g/mol. The van der Waals surface area contributed by atoms with Crippen molar-refractivity contribution in [1.82, 2.24) is 4.98 Å². The summed E-state index contributed by atoms with van der Waals surface area (Å²) < 4.78 is 6.84. The Balaban J connectivity index is 1.67. The van der Waals surface area contributed by atoms with Crippen LogP contribution in [-0.2, 0) is 9.59 Å². The van der Waals surface area contributed by atoms with Crippen LogP contribution in [0.1, 0.15) is 48.1 Å². The molecule has 6 nitrogen and oxygen atoms in total. The number of hydrogen-bond acceptors (Lipinski definition) is 6. The zero-order valence-electron chi connectivity index (χ0n) is 21.0. The van der Waals surface area contributed by atoms with Gasteiger partial charge in [0.05, 0.1) is 28.4 Å². The quantitative estimate of drug-likeness (QED) is 0.129. The predicted molar refractivity (Wildman–Crippen MR) is 147 cm³/mol. The third-order valence-electron chi connectivity index (χ3n) is 6.45. The Morgan fingerprint density at radius 1 is 1.03 bits per heavy atom. The number of benzene rings is 3. The minimum absolute atomic E-state index is 0.0370. The van der Waals surface area contributed by atoms with Crippen LogP contribution < -0.4 is 9.64 Å². The van der Waals surface area contributed by atoms with Crippen LogP contribution >= 0.6 is 11.3 Å². The maximum absolute atomic E-state index is 13.5. The number of aliphatic hydroxyl groups excluding tert-OH is 1. The molecule has 1 saturated heterocycles. The highest BCUT2D eigenvalue weighted by Gasteiger charge is 2.48. The molecule has 1 aliphatic heterocycles. The van der Waals surface area contributed by atoms with Gasteiger partial charge in [0.2, 0.25) is 0 Å². The van der Waals surface area contributed by atoms with Gasteiger partial charge in [-0.25, -0.2) is 4.98 Å². The summed E-state index contributed by atoms with van der Waals surface area (Å²) in [7, 11) is 0. The van der Waals surface area contributed by atoms with Gasteiger partial charge in [-0.15, -0.1) is 0 Å². The van der Waals surface area contributed by atoms with Crippen molar-refractivity contribution in [3.05, 3.63) is 94.6 Å². The fourth-order valence-electron chi connectivity index (χ4n) is 4.44. The van der Waals surface area contributed by atoms with Crippen molar-refractivity contribution in [2.75, 3.05) is 11.5 Å². The van der Waals surface area contributed by atoms with E-state index in [1.165, 1.54) is 16.2 Å². The van der Waals surface area contributed by atoms with Gasteiger partial charge >= 0.3 is 5.91 Å². The predicted octanol–water partition coefficient (Wildman–Crippen LogP) is 6.72. The van der Waals surface area contributed by atoms with Gasteiger partial charge in [0, 0.05) is 5.56 Å². The number of aromatic nitrogens is 1. The fourth-order valence-corrected chi connectivity index (χ4v) is 5.53. The van der Waals surface area contributed by atoms with E-state index in [4.69, 9.17) is 9.72 Å². The van der Waals surface area contributed by atoms with Gasteiger partial charge in [-0.2, -0.15) is 0 Å². The lowest BCUT2D eigenvalue weighted by Gasteiger charge is -2.23. The lowest BCUT2D eigenvalue weighted by molar-refractivity contribution is -0.132. The van der Waals surface area contributed by atoms with E-state index in [-0.39, 0.29) is 11.3 Å². The molecule has 0 saturated carbocycles. The summed E-state index contributed by atoms with van der Waals surface area (Å²) in [5.41, 5.74) is 4.03. The monoisotopic (exact) mass is 512 g/mol. The van der Waals surface area contributed by atoms with E-state index in [1.807, 2.05) is 68.4 Å². The number of carbonyl (C=O) groups excluding carboxylic acids is 2. The number of thiazole rings is 1. The van der Waals surface area contributed by atoms with Crippen molar-refractivity contribution >= 4 is 44.1 Å². The van der Waals surface area contributed by atoms with Crippen molar-refractivity contribution in [2.45, 2.75) is 39.7 Å². The molecule has 37 heavy (non-hydrogen) atoms. The Morgan fingerprint density at radius 3 is 2.54 bits per heavy atom. The fraction of sp³-hybridized carbons (Fsp3) is 0.233. The average Bonchev–Trinajstić information content (AvgIpc) is 3.42. The summed E-state index contributed by atoms with van der Waals surface area (Å²) in [5, 5.41) is 11.8. The van der Waals surface area contributed by atoms with E-state index in [0.717, 1.165) is 34.2 Å². The van der Waals surface area contributed by atoms with E-state index in [2.05, 4.69) is 6.92 Å². The third-order valence-corrected chi connectivity index (χ3v) is 7.47. The first-order chi connectivity index (χ1) is 17.9. The summed E-state index contributed by atoms with van der Waals surface area (Å²) in [4.78, 5) is 33.1. The number of Topliss-reactive ketones (excluding diaryl/α,β-unsaturated/α-hetero) is 1. The molecule has 0 radical (unpaired) electrons. The number of carbonyl (C=O) groups is 2. The lowest BCUT2D eigenvalue weighted by Crippen LogP contribution is -2.29. The van der Waals surface area contributed by atoms with Crippen LogP contribution in [0.2, 0.25) is 0 Å². The Labute approximate surface area is 219 Å². The normalized spacial score (nSPS) is 17.1. The minimum atomic E-state index is -0.849. The van der Waals surface area contributed by atoms with Crippen LogP contribution in [0.4, 0.5) is 5.13 Å². The van der Waals surface area contributed by atoms with Crippen LogP contribution in [0.15, 0.2) is 72.3 Å². The van der Waals surface area contributed by atoms with Crippen LogP contribution in [0.3, 0.4) is 0 Å². The molecule has 3 aromatic carbocycles. The topological polar surface area (TPSA) is 79.7 Å². The number of aliphatic hydroxyl groups is 1. The molecular formula is C30H28N2O4S. The maximum Gasteiger partial charge on any atom is 0.301 e. The third kappa shape index (κ3) is 4.74. The molecule has 1 N–H and O–H groups in total. The smallest absolute Gasteiger partial charge is 0.301 e. The number of amides is 1. The van der Waals surface area contributed by atoms with Crippen LogP contribution in [0.25, 0.3) is 16.0 Å². The molecule has 188 valence electrons. The van der Waals surface area contributed by atoms with Crippen molar-refractivity contribution < 1.29 is 19.4 Å². The minimum Gasteiger partial charge on any atom is -0.507 e. The van der Waals surface area contributed by atoms with Gasteiger partial charge in [0.1, 0.15) is 11.5 Å². The van der Waals surface area contributed by atoms with E-state index in [9.17, 15) is 14.7 Å². The molecule has 7 heteroatoms. The highest BCUT2D eigenvalue weighted by atomic mass is 32.1. The summed E-state index contributed by atoms with van der Waals surface area (Å²) >= 11 is 1.35. The molecule has 1 unspecified atom stereocenters. The second-order valence-corrected chi connectivity index (χ2v) is 10.3. The first kappa shape index (κ1) is 24.7. The molecule has 1 amide bonds. The van der Waals surface area contributed by atoms with E-state index >= 15 is 0 Å². The lowest BCUT2D eigenvalue weighted by atomic mass is 9.95. The van der Waals surface area contributed by atoms with Crippen LogP contribution in [-0.4, -0.2) is 28.4 Å². The van der Waals surface area contributed by atoms with Crippen molar-refractivity contribution in [3.63, 3.8) is 0 Å². The maximum atomic E-state index is 13.5. The van der Waals surface area contributed by atoms with E-state index in [0.29, 0.717) is 28.6 Å². The summed E-state index contributed by atoms with van der Waals surface area (Å²) in [6.07, 6.45) is 1.93. The van der Waals surface area contributed by atoms with Gasteiger partial charge < -0.3 is 9.84 Å². The molecule has 4 aromatic rings. The number of rotatable bonds is 7. The van der Waals surface area contributed by atoms with Gasteiger partial charge in [0.15, 0.2) is 5.13 Å². The van der Waals surface area contributed by atoms with Crippen LogP contribution in [0, 0.1) is 13.8 Å². The molecular weight excluding hydrogens is 484 g/mol. The van der Waals surface area contributed by atoms with Crippen molar-refractivity contribution in [2.24, 2.45) is 0 Å². The molecule has 1 aromatic heterocycles. The molecule has 5 rings (SSSR count). The van der Waals surface area contributed by atoms with Gasteiger partial charge in [-0.3, -0.25) is 14.5 Å². The van der Waals surface area contributed by atoms with Crippen molar-refractivity contribution in [3.8, 4) is 5.75 Å². The number of aryl methyl sites for hydroxylation is 2. The van der Waals surface area contributed by atoms with Gasteiger partial charge in [0.25, 0.3) is 5.78 Å². The number of hydrogen-bond donors (Lipinski definition) is 1. The van der Waals surface area contributed by atoms with Gasteiger partial charge in [-0.1, -0.05) is 72.7 Å². The van der Waals surface area contributed by atoms with Gasteiger partial charge in [-0.05, 0) is 55.7 Å².